The van der Waals surface area contributed by atoms with Crippen molar-refractivity contribution in [3.63, 3.8) is 0 Å². The van der Waals surface area contributed by atoms with E-state index in [9.17, 15) is 30.3 Å². The first-order valence-corrected chi connectivity index (χ1v) is 5.22. The standard InChI is InChI=1S/C13H10O6/c14-8-3-1-2-7(12(8)18)11(17)6-4-9(15)13(19)10(16)5-6/h1-5,14-16,18-19H. The van der Waals surface area contributed by atoms with Gasteiger partial charge in [-0.05, 0) is 24.3 Å². The van der Waals surface area contributed by atoms with Crippen LogP contribution in [0.15, 0.2) is 30.3 Å². The van der Waals surface area contributed by atoms with Crippen LogP contribution in [0.2, 0.25) is 0 Å². The maximum absolute atomic E-state index is 12.1. The second-order valence-corrected chi connectivity index (χ2v) is 3.87. The van der Waals surface area contributed by atoms with Crippen molar-refractivity contribution in [2.45, 2.75) is 0 Å². The Balaban J connectivity index is 2.53. The molecule has 98 valence electrons. The van der Waals surface area contributed by atoms with Gasteiger partial charge in [-0.1, -0.05) is 6.07 Å². The highest BCUT2D eigenvalue weighted by atomic mass is 16.3. The molecule has 19 heavy (non-hydrogen) atoms. The Morgan fingerprint density at radius 1 is 0.789 bits per heavy atom. The van der Waals surface area contributed by atoms with Gasteiger partial charge in [0.2, 0.25) is 0 Å². The minimum atomic E-state index is -0.739. The summed E-state index contributed by atoms with van der Waals surface area (Å²) in [5.41, 5.74) is -0.335. The zero-order valence-electron chi connectivity index (χ0n) is 9.53. The number of carbonyl (C=O) groups excluding carboxylic acids is 1. The zero-order valence-corrected chi connectivity index (χ0v) is 9.53. The SMILES string of the molecule is O=C(c1cc(O)c(O)c(O)c1)c1cccc(O)c1O. The van der Waals surface area contributed by atoms with E-state index in [1.807, 2.05) is 0 Å². The molecular formula is C13H10O6. The Labute approximate surface area is 107 Å². The van der Waals surface area contributed by atoms with Crippen LogP contribution < -0.4 is 0 Å². The van der Waals surface area contributed by atoms with E-state index >= 15 is 0 Å². The van der Waals surface area contributed by atoms with Gasteiger partial charge in [-0.25, -0.2) is 0 Å². The number of aromatic hydroxyl groups is 5. The molecule has 0 aromatic heterocycles. The van der Waals surface area contributed by atoms with E-state index in [4.69, 9.17) is 0 Å². The molecule has 0 radical (unpaired) electrons. The number of para-hydroxylation sites is 1. The fraction of sp³-hybridized carbons (Fsp3) is 0. The zero-order chi connectivity index (χ0) is 14.2. The minimum Gasteiger partial charge on any atom is -0.504 e. The highest BCUT2D eigenvalue weighted by Gasteiger charge is 2.19. The fourth-order valence-corrected chi connectivity index (χ4v) is 1.61. The predicted octanol–water partition coefficient (Wildman–Crippen LogP) is 1.45. The topological polar surface area (TPSA) is 118 Å². The summed E-state index contributed by atoms with van der Waals surface area (Å²) in [7, 11) is 0. The molecule has 2 rings (SSSR count). The van der Waals surface area contributed by atoms with Crippen molar-refractivity contribution in [3.8, 4) is 28.7 Å². The van der Waals surface area contributed by atoms with Crippen LogP contribution in [0, 0.1) is 0 Å². The lowest BCUT2D eigenvalue weighted by atomic mass is 10.0. The number of rotatable bonds is 2. The molecule has 0 aliphatic rings. The van der Waals surface area contributed by atoms with Gasteiger partial charge in [-0.15, -0.1) is 0 Å². The largest absolute Gasteiger partial charge is 0.504 e. The van der Waals surface area contributed by atoms with Crippen molar-refractivity contribution in [1.82, 2.24) is 0 Å². The van der Waals surface area contributed by atoms with Gasteiger partial charge < -0.3 is 25.5 Å². The van der Waals surface area contributed by atoms with Gasteiger partial charge in [-0.3, -0.25) is 4.79 Å². The Kier molecular flexibility index (Phi) is 2.92. The molecule has 2 aromatic carbocycles. The van der Waals surface area contributed by atoms with Crippen LogP contribution in [0.3, 0.4) is 0 Å². The van der Waals surface area contributed by atoms with Gasteiger partial charge >= 0.3 is 0 Å². The summed E-state index contributed by atoms with van der Waals surface area (Å²) in [5, 5.41) is 46.7. The number of carbonyl (C=O) groups is 1. The summed E-state index contributed by atoms with van der Waals surface area (Å²) < 4.78 is 0. The van der Waals surface area contributed by atoms with Crippen molar-refractivity contribution in [1.29, 1.82) is 0 Å². The van der Waals surface area contributed by atoms with Gasteiger partial charge in [0.25, 0.3) is 0 Å². The monoisotopic (exact) mass is 262 g/mol. The maximum atomic E-state index is 12.1. The Bertz CT molecular complexity index is 639. The Morgan fingerprint density at radius 3 is 1.95 bits per heavy atom. The predicted molar refractivity (Wildman–Crippen MR) is 64.6 cm³/mol. The molecule has 0 saturated carbocycles. The molecule has 0 heterocycles. The number of phenolic OH excluding ortho intramolecular Hbond substituents is 5. The van der Waals surface area contributed by atoms with Crippen molar-refractivity contribution in [2.24, 2.45) is 0 Å². The van der Waals surface area contributed by atoms with E-state index in [0.717, 1.165) is 12.1 Å². The van der Waals surface area contributed by atoms with E-state index in [2.05, 4.69) is 0 Å². The number of ketones is 1. The number of benzene rings is 2. The minimum absolute atomic E-state index is 0.145. The fourth-order valence-electron chi connectivity index (χ4n) is 1.61. The van der Waals surface area contributed by atoms with E-state index in [0.29, 0.717) is 0 Å². The second kappa shape index (κ2) is 4.41. The van der Waals surface area contributed by atoms with Gasteiger partial charge in [0.15, 0.2) is 34.5 Å². The number of hydrogen-bond acceptors (Lipinski definition) is 6. The highest BCUT2D eigenvalue weighted by Crippen LogP contribution is 2.37. The van der Waals surface area contributed by atoms with E-state index < -0.39 is 34.5 Å². The summed E-state index contributed by atoms with van der Waals surface area (Å²) in [4.78, 5) is 12.1. The molecule has 0 aliphatic carbocycles. The molecule has 0 bridgehead atoms. The first-order valence-electron chi connectivity index (χ1n) is 5.22. The third-order valence-corrected chi connectivity index (χ3v) is 2.59. The maximum Gasteiger partial charge on any atom is 0.200 e. The highest BCUT2D eigenvalue weighted by molar-refractivity contribution is 6.11. The van der Waals surface area contributed by atoms with Gasteiger partial charge in [0.05, 0.1) is 5.56 Å². The average Bonchev–Trinajstić information content (AvgIpc) is 2.38. The van der Waals surface area contributed by atoms with Crippen LogP contribution in [0.4, 0.5) is 0 Å². The molecule has 0 unspecified atom stereocenters. The molecule has 0 spiro atoms. The van der Waals surface area contributed by atoms with Gasteiger partial charge in [-0.2, -0.15) is 0 Å². The molecule has 0 saturated heterocycles. The van der Waals surface area contributed by atoms with Crippen LogP contribution in [0.1, 0.15) is 15.9 Å². The van der Waals surface area contributed by atoms with Crippen molar-refractivity contribution >= 4 is 5.78 Å². The van der Waals surface area contributed by atoms with E-state index in [1.165, 1.54) is 18.2 Å². The van der Waals surface area contributed by atoms with E-state index in [1.54, 1.807) is 0 Å². The van der Waals surface area contributed by atoms with Gasteiger partial charge in [0.1, 0.15) is 0 Å². The van der Waals surface area contributed by atoms with E-state index in [-0.39, 0.29) is 11.1 Å². The third kappa shape index (κ3) is 2.11. The molecule has 5 N–H and O–H groups in total. The smallest absolute Gasteiger partial charge is 0.200 e. The van der Waals surface area contributed by atoms with Crippen molar-refractivity contribution in [2.75, 3.05) is 0 Å². The molecule has 0 aliphatic heterocycles. The quantitative estimate of drug-likeness (QED) is 0.413. The van der Waals surface area contributed by atoms with Crippen LogP contribution in [-0.4, -0.2) is 31.3 Å². The molecule has 6 heteroatoms. The number of phenols is 5. The molecule has 6 nitrogen and oxygen atoms in total. The average molecular weight is 262 g/mol. The summed E-state index contributed by atoms with van der Waals surface area (Å²) in [6.07, 6.45) is 0. The summed E-state index contributed by atoms with van der Waals surface area (Å²) >= 11 is 0. The first kappa shape index (κ1) is 12.6. The van der Waals surface area contributed by atoms with Crippen molar-refractivity contribution < 1.29 is 30.3 Å². The lowest BCUT2D eigenvalue weighted by molar-refractivity contribution is 0.103. The Morgan fingerprint density at radius 2 is 1.37 bits per heavy atom. The van der Waals surface area contributed by atoms with Crippen LogP contribution in [-0.2, 0) is 0 Å². The second-order valence-electron chi connectivity index (χ2n) is 3.87. The van der Waals surface area contributed by atoms with Gasteiger partial charge in [0, 0.05) is 5.56 Å². The molecule has 0 amide bonds. The molecule has 0 atom stereocenters. The molecule has 2 aromatic rings. The van der Waals surface area contributed by atoms with Crippen molar-refractivity contribution in [3.05, 3.63) is 41.5 Å². The summed E-state index contributed by atoms with van der Waals surface area (Å²) in [6.45, 7) is 0. The number of hydrogen-bond donors (Lipinski definition) is 5. The normalized spacial score (nSPS) is 10.3. The Hall–Kier alpha value is -2.89. The first-order chi connectivity index (χ1) is 8.91. The molecule has 0 fully saturated rings. The lowest BCUT2D eigenvalue weighted by Gasteiger charge is -2.07. The van der Waals surface area contributed by atoms with Crippen LogP contribution in [0.5, 0.6) is 28.7 Å². The molecular weight excluding hydrogens is 252 g/mol. The third-order valence-electron chi connectivity index (χ3n) is 2.59. The van der Waals surface area contributed by atoms with Crippen LogP contribution >= 0.6 is 0 Å². The lowest BCUT2D eigenvalue weighted by Crippen LogP contribution is -2.01. The summed E-state index contributed by atoms with van der Waals surface area (Å²) in [6, 6.07) is 5.74. The van der Waals surface area contributed by atoms with Crippen LogP contribution in [0.25, 0.3) is 0 Å². The summed E-state index contributed by atoms with van der Waals surface area (Å²) in [5.74, 6) is -3.85.